The third-order valence-corrected chi connectivity index (χ3v) is 4.10. The zero-order valence-corrected chi connectivity index (χ0v) is 11.6. The average Bonchev–Trinajstić information content (AvgIpc) is 2.47. The minimum Gasteiger partial charge on any atom is -0.481 e. The van der Waals surface area contributed by atoms with Crippen molar-refractivity contribution < 1.29 is 14.3 Å². The summed E-state index contributed by atoms with van der Waals surface area (Å²) in [7, 11) is 0. The van der Waals surface area contributed by atoms with E-state index in [4.69, 9.17) is 5.11 Å². The molecule has 1 aromatic carbocycles. The number of carboxylic acid groups (broad SMARTS) is 1. The van der Waals surface area contributed by atoms with Crippen LogP contribution in [-0.4, -0.2) is 29.1 Å². The minimum atomic E-state index is -0.732. The monoisotopic (exact) mass is 288 g/mol. The van der Waals surface area contributed by atoms with Gasteiger partial charge in [-0.25, -0.2) is 4.39 Å². The molecule has 21 heavy (non-hydrogen) atoms. The van der Waals surface area contributed by atoms with Gasteiger partial charge in [0.05, 0.1) is 5.52 Å². The van der Waals surface area contributed by atoms with Crippen molar-refractivity contribution in [3.05, 3.63) is 36.3 Å². The van der Waals surface area contributed by atoms with E-state index >= 15 is 0 Å². The predicted octanol–water partition coefficient (Wildman–Crippen LogP) is 3.07. The van der Waals surface area contributed by atoms with Crippen LogP contribution in [0.25, 0.3) is 10.9 Å². The van der Waals surface area contributed by atoms with E-state index in [9.17, 15) is 9.18 Å². The smallest absolute Gasteiger partial charge is 0.303 e. The topological polar surface area (TPSA) is 53.4 Å². The number of pyridine rings is 1. The summed E-state index contributed by atoms with van der Waals surface area (Å²) in [5, 5.41) is 9.67. The molecule has 2 aromatic rings. The molecule has 1 fully saturated rings. The van der Waals surface area contributed by atoms with Crippen molar-refractivity contribution in [3.63, 3.8) is 0 Å². The first-order valence-corrected chi connectivity index (χ1v) is 7.14. The molecule has 0 atom stereocenters. The summed E-state index contributed by atoms with van der Waals surface area (Å²) < 4.78 is 13.5. The molecule has 1 aliphatic rings. The van der Waals surface area contributed by atoms with Gasteiger partial charge in [0, 0.05) is 36.8 Å². The van der Waals surface area contributed by atoms with Gasteiger partial charge in [-0.3, -0.25) is 9.78 Å². The van der Waals surface area contributed by atoms with E-state index in [1.54, 1.807) is 12.3 Å². The van der Waals surface area contributed by atoms with Gasteiger partial charge in [0.15, 0.2) is 0 Å². The number of carboxylic acids is 1. The third kappa shape index (κ3) is 2.96. The lowest BCUT2D eigenvalue weighted by Crippen LogP contribution is -2.34. The fourth-order valence-corrected chi connectivity index (χ4v) is 3.00. The highest BCUT2D eigenvalue weighted by atomic mass is 19.1. The number of halogens is 1. The highest BCUT2D eigenvalue weighted by Gasteiger charge is 2.22. The van der Waals surface area contributed by atoms with Crippen LogP contribution in [0.4, 0.5) is 10.1 Å². The number of anilines is 1. The number of benzene rings is 1. The summed E-state index contributed by atoms with van der Waals surface area (Å²) in [4.78, 5) is 17.2. The summed E-state index contributed by atoms with van der Waals surface area (Å²) in [5.74, 6) is -0.758. The lowest BCUT2D eigenvalue weighted by atomic mass is 9.93. The van der Waals surface area contributed by atoms with Gasteiger partial charge in [0.25, 0.3) is 0 Å². The Morgan fingerprint density at radius 1 is 1.33 bits per heavy atom. The van der Waals surface area contributed by atoms with E-state index in [1.807, 2.05) is 6.07 Å². The Kier molecular flexibility index (Phi) is 3.73. The molecule has 1 N–H and O–H groups in total. The first kappa shape index (κ1) is 13.8. The highest BCUT2D eigenvalue weighted by molar-refractivity contribution is 5.91. The van der Waals surface area contributed by atoms with Gasteiger partial charge in [-0.15, -0.1) is 0 Å². The molecule has 0 radical (unpaired) electrons. The van der Waals surface area contributed by atoms with Gasteiger partial charge in [0.1, 0.15) is 5.82 Å². The molecule has 0 saturated carbocycles. The molecule has 5 heteroatoms. The molecular weight excluding hydrogens is 271 g/mol. The summed E-state index contributed by atoms with van der Waals surface area (Å²) in [6.07, 6.45) is 3.68. The zero-order valence-electron chi connectivity index (χ0n) is 11.6. The van der Waals surface area contributed by atoms with E-state index in [1.165, 1.54) is 12.1 Å². The van der Waals surface area contributed by atoms with Crippen LogP contribution in [0.3, 0.4) is 0 Å². The van der Waals surface area contributed by atoms with E-state index in [-0.39, 0.29) is 18.2 Å². The van der Waals surface area contributed by atoms with Crippen LogP contribution < -0.4 is 4.90 Å². The molecule has 1 saturated heterocycles. The highest BCUT2D eigenvalue weighted by Crippen LogP contribution is 2.30. The van der Waals surface area contributed by atoms with Crippen molar-refractivity contribution in [1.29, 1.82) is 0 Å². The van der Waals surface area contributed by atoms with Gasteiger partial charge in [-0.2, -0.15) is 0 Å². The van der Waals surface area contributed by atoms with Crippen LogP contribution in [0, 0.1) is 11.7 Å². The quantitative estimate of drug-likeness (QED) is 0.943. The average molecular weight is 288 g/mol. The number of hydrogen-bond acceptors (Lipinski definition) is 3. The number of hydrogen-bond donors (Lipinski definition) is 1. The summed E-state index contributed by atoms with van der Waals surface area (Å²) in [6, 6.07) is 6.52. The van der Waals surface area contributed by atoms with E-state index in [0.29, 0.717) is 0 Å². The fourth-order valence-electron chi connectivity index (χ4n) is 3.00. The molecule has 1 aliphatic heterocycles. The second kappa shape index (κ2) is 5.68. The second-order valence-electron chi connectivity index (χ2n) is 5.52. The van der Waals surface area contributed by atoms with Crippen molar-refractivity contribution in [1.82, 2.24) is 4.98 Å². The van der Waals surface area contributed by atoms with Crippen molar-refractivity contribution in [2.75, 3.05) is 18.0 Å². The molecule has 2 heterocycles. The molecule has 4 nitrogen and oxygen atoms in total. The van der Waals surface area contributed by atoms with Gasteiger partial charge in [-0.05, 0) is 43.0 Å². The summed E-state index contributed by atoms with van der Waals surface area (Å²) in [5.41, 5.74) is 1.76. The zero-order chi connectivity index (χ0) is 14.8. The number of aliphatic carboxylic acids is 1. The van der Waals surface area contributed by atoms with Crippen LogP contribution in [0.2, 0.25) is 0 Å². The lowest BCUT2D eigenvalue weighted by molar-refractivity contribution is -0.138. The van der Waals surface area contributed by atoms with Crippen LogP contribution in [0.5, 0.6) is 0 Å². The Balaban J connectivity index is 1.82. The maximum Gasteiger partial charge on any atom is 0.303 e. The Morgan fingerprint density at radius 3 is 2.81 bits per heavy atom. The van der Waals surface area contributed by atoms with Crippen LogP contribution >= 0.6 is 0 Å². The molecule has 0 aliphatic carbocycles. The third-order valence-electron chi connectivity index (χ3n) is 4.10. The number of fused-ring (bicyclic) bond motifs is 1. The normalized spacial score (nSPS) is 16.3. The molecule has 3 rings (SSSR count). The fraction of sp³-hybridized carbons (Fsp3) is 0.375. The standard InChI is InChI=1S/C16H17FN2O2/c17-12-1-2-14-13(10-12)15(3-6-18-14)19-7-4-11(5-8-19)9-16(20)21/h1-3,6,10-11H,4-5,7-9H2,(H,20,21). The van der Waals surface area contributed by atoms with Crippen LogP contribution in [-0.2, 0) is 4.79 Å². The van der Waals surface area contributed by atoms with E-state index in [2.05, 4.69) is 9.88 Å². The first-order chi connectivity index (χ1) is 10.1. The van der Waals surface area contributed by atoms with Crippen molar-refractivity contribution in [3.8, 4) is 0 Å². The van der Waals surface area contributed by atoms with Crippen molar-refractivity contribution in [2.24, 2.45) is 5.92 Å². The number of rotatable bonds is 3. The predicted molar refractivity (Wildman–Crippen MR) is 78.9 cm³/mol. The molecule has 1 aromatic heterocycles. The van der Waals surface area contributed by atoms with Gasteiger partial charge < -0.3 is 10.0 Å². The molecule has 110 valence electrons. The minimum absolute atomic E-state index is 0.236. The number of piperidine rings is 1. The molecule has 0 bridgehead atoms. The molecule has 0 amide bonds. The Morgan fingerprint density at radius 2 is 2.10 bits per heavy atom. The molecular formula is C16H17FN2O2. The Labute approximate surface area is 122 Å². The summed E-state index contributed by atoms with van der Waals surface area (Å²) in [6.45, 7) is 1.60. The van der Waals surface area contributed by atoms with Gasteiger partial charge >= 0.3 is 5.97 Å². The largest absolute Gasteiger partial charge is 0.481 e. The maximum atomic E-state index is 13.5. The molecule has 0 spiro atoms. The molecule has 0 unspecified atom stereocenters. The van der Waals surface area contributed by atoms with Crippen LogP contribution in [0.1, 0.15) is 19.3 Å². The van der Waals surface area contributed by atoms with E-state index in [0.717, 1.165) is 42.5 Å². The van der Waals surface area contributed by atoms with Crippen molar-refractivity contribution in [2.45, 2.75) is 19.3 Å². The SMILES string of the molecule is O=C(O)CC1CCN(c2ccnc3ccc(F)cc23)CC1. The van der Waals surface area contributed by atoms with Crippen LogP contribution in [0.15, 0.2) is 30.5 Å². The van der Waals surface area contributed by atoms with Crippen molar-refractivity contribution >= 4 is 22.6 Å². The number of aromatic nitrogens is 1. The maximum absolute atomic E-state index is 13.5. The lowest BCUT2D eigenvalue weighted by Gasteiger charge is -2.33. The number of nitrogens with zero attached hydrogens (tertiary/aromatic N) is 2. The summed E-state index contributed by atoms with van der Waals surface area (Å²) >= 11 is 0. The van der Waals surface area contributed by atoms with Gasteiger partial charge in [0.2, 0.25) is 0 Å². The first-order valence-electron chi connectivity index (χ1n) is 7.14. The van der Waals surface area contributed by atoms with Gasteiger partial charge in [-0.1, -0.05) is 0 Å². The van der Waals surface area contributed by atoms with E-state index < -0.39 is 5.97 Å². The Hall–Kier alpha value is -2.17. The Bertz CT molecular complexity index is 666. The second-order valence-corrected chi connectivity index (χ2v) is 5.52. The number of carbonyl (C=O) groups is 1.